The number of carbonyl (C=O) groups is 1. The van der Waals surface area contributed by atoms with Crippen LogP contribution in [0.3, 0.4) is 0 Å². The van der Waals surface area contributed by atoms with Crippen LogP contribution in [0.15, 0.2) is 0 Å². The molecule has 0 aromatic heterocycles. The van der Waals surface area contributed by atoms with Gasteiger partial charge < -0.3 is 9.64 Å². The third kappa shape index (κ3) is 3.44. The van der Waals surface area contributed by atoms with Crippen LogP contribution in [-0.2, 0) is 9.53 Å². The highest BCUT2D eigenvalue weighted by molar-refractivity contribution is 5.82. The summed E-state index contributed by atoms with van der Waals surface area (Å²) in [7, 11) is 1.81. The molecular weight excluding hydrogens is 278 g/mol. The predicted molar refractivity (Wildman–Crippen MR) is 85.2 cm³/mol. The van der Waals surface area contributed by atoms with Crippen LogP contribution in [0.5, 0.6) is 0 Å². The molecule has 3 atom stereocenters. The van der Waals surface area contributed by atoms with Gasteiger partial charge in [0.05, 0.1) is 24.3 Å². The van der Waals surface area contributed by atoms with Crippen molar-refractivity contribution in [3.05, 3.63) is 0 Å². The van der Waals surface area contributed by atoms with Crippen LogP contribution in [0.4, 0.5) is 0 Å². The third-order valence-electron chi connectivity index (χ3n) is 5.21. The molecule has 1 saturated carbocycles. The molecular formula is C17H29N3O2. The molecule has 0 bridgehead atoms. The Kier molecular flexibility index (Phi) is 5.46. The van der Waals surface area contributed by atoms with Crippen LogP contribution < -0.4 is 0 Å². The first-order valence-corrected chi connectivity index (χ1v) is 8.48. The highest BCUT2D eigenvalue weighted by Gasteiger charge is 2.41. The van der Waals surface area contributed by atoms with E-state index in [1.807, 2.05) is 20.8 Å². The normalized spacial score (nSPS) is 30.3. The van der Waals surface area contributed by atoms with Gasteiger partial charge in [-0.15, -0.1) is 0 Å². The average Bonchev–Trinajstić information content (AvgIpc) is 2.52. The van der Waals surface area contributed by atoms with Crippen molar-refractivity contribution < 1.29 is 9.53 Å². The molecule has 2 fully saturated rings. The molecule has 0 N–H and O–H groups in total. The predicted octanol–water partition coefficient (Wildman–Crippen LogP) is 2.17. The molecule has 0 radical (unpaired) electrons. The Morgan fingerprint density at radius 3 is 2.32 bits per heavy atom. The topological polar surface area (TPSA) is 56.6 Å². The summed E-state index contributed by atoms with van der Waals surface area (Å²) in [6.07, 6.45) is 5.12. The van der Waals surface area contributed by atoms with E-state index in [-0.39, 0.29) is 24.2 Å². The minimum absolute atomic E-state index is 0.0600. The number of nitrogens with zero attached hydrogens (tertiary/aromatic N) is 3. The molecule has 0 aromatic rings. The van der Waals surface area contributed by atoms with Crippen molar-refractivity contribution in [2.75, 3.05) is 20.1 Å². The maximum Gasteiger partial charge on any atom is 0.240 e. The van der Waals surface area contributed by atoms with Gasteiger partial charge >= 0.3 is 0 Å². The lowest BCUT2D eigenvalue weighted by atomic mass is 9.81. The van der Waals surface area contributed by atoms with Crippen LogP contribution in [0, 0.1) is 11.3 Å². The van der Waals surface area contributed by atoms with Gasteiger partial charge in [-0.1, -0.05) is 19.3 Å². The summed E-state index contributed by atoms with van der Waals surface area (Å²) in [5.74, 6) is 0.0600. The number of nitriles is 1. The molecule has 1 aliphatic heterocycles. The smallest absolute Gasteiger partial charge is 0.240 e. The minimum Gasteiger partial charge on any atom is -0.373 e. The van der Waals surface area contributed by atoms with Crippen LogP contribution in [0.2, 0.25) is 0 Å². The number of rotatable bonds is 3. The molecule has 1 aliphatic carbocycles. The monoisotopic (exact) mass is 307 g/mol. The van der Waals surface area contributed by atoms with E-state index in [2.05, 4.69) is 11.0 Å². The molecule has 124 valence electrons. The standard InChI is InChI=1S/C17H29N3O2/c1-13-10-20(11-14(2)22-13)15(3)16(21)19(4)17(12-18)8-6-5-7-9-17/h13-15H,5-11H2,1-4H3/t13-,14+,15-/m1/s1. The van der Waals surface area contributed by atoms with Crippen molar-refractivity contribution in [3.8, 4) is 6.07 Å². The van der Waals surface area contributed by atoms with Crippen molar-refractivity contribution in [2.24, 2.45) is 0 Å². The van der Waals surface area contributed by atoms with Gasteiger partial charge in [-0.05, 0) is 33.6 Å². The van der Waals surface area contributed by atoms with Crippen molar-refractivity contribution in [2.45, 2.75) is 76.7 Å². The first-order valence-electron chi connectivity index (χ1n) is 8.48. The Hall–Kier alpha value is -1.12. The summed E-state index contributed by atoms with van der Waals surface area (Å²) in [4.78, 5) is 16.8. The van der Waals surface area contributed by atoms with E-state index >= 15 is 0 Å². The van der Waals surface area contributed by atoms with Gasteiger partial charge in [0.1, 0.15) is 5.54 Å². The number of carbonyl (C=O) groups excluding carboxylic acids is 1. The molecule has 0 unspecified atom stereocenters. The second-order valence-corrected chi connectivity index (χ2v) is 6.99. The number of hydrogen-bond acceptors (Lipinski definition) is 4. The summed E-state index contributed by atoms with van der Waals surface area (Å²) >= 11 is 0. The van der Waals surface area contributed by atoms with Crippen LogP contribution in [-0.4, -0.2) is 59.6 Å². The van der Waals surface area contributed by atoms with Crippen LogP contribution in [0.1, 0.15) is 52.9 Å². The van der Waals surface area contributed by atoms with E-state index < -0.39 is 5.54 Å². The fourth-order valence-electron chi connectivity index (χ4n) is 3.84. The highest BCUT2D eigenvalue weighted by Crippen LogP contribution is 2.33. The highest BCUT2D eigenvalue weighted by atomic mass is 16.5. The summed E-state index contributed by atoms with van der Waals surface area (Å²) in [5, 5.41) is 9.66. The van der Waals surface area contributed by atoms with Crippen LogP contribution in [0.25, 0.3) is 0 Å². The van der Waals surface area contributed by atoms with E-state index in [0.29, 0.717) is 0 Å². The van der Waals surface area contributed by atoms with Crippen molar-refractivity contribution in [3.63, 3.8) is 0 Å². The molecule has 22 heavy (non-hydrogen) atoms. The number of hydrogen-bond donors (Lipinski definition) is 0. The fraction of sp³-hybridized carbons (Fsp3) is 0.882. The van der Waals surface area contributed by atoms with E-state index in [4.69, 9.17) is 4.74 Å². The Balaban J connectivity index is 2.07. The number of morpholine rings is 1. The number of likely N-dealkylation sites (N-methyl/N-ethyl adjacent to an activating group) is 1. The Bertz CT molecular complexity index is 430. The maximum atomic E-state index is 12.9. The van der Waals surface area contributed by atoms with Gasteiger partial charge in [0.15, 0.2) is 0 Å². The summed E-state index contributed by atoms with van der Waals surface area (Å²) in [5.41, 5.74) is -0.604. The van der Waals surface area contributed by atoms with Crippen molar-refractivity contribution in [1.82, 2.24) is 9.80 Å². The van der Waals surface area contributed by atoms with E-state index in [0.717, 1.165) is 38.8 Å². The molecule has 1 amide bonds. The molecule has 5 heteroatoms. The van der Waals surface area contributed by atoms with E-state index in [1.54, 1.807) is 11.9 Å². The quantitative estimate of drug-likeness (QED) is 0.802. The van der Waals surface area contributed by atoms with Gasteiger partial charge in [0.25, 0.3) is 0 Å². The molecule has 2 rings (SSSR count). The fourth-order valence-corrected chi connectivity index (χ4v) is 3.84. The van der Waals surface area contributed by atoms with Gasteiger partial charge in [-0.3, -0.25) is 9.69 Å². The lowest BCUT2D eigenvalue weighted by molar-refractivity contribution is -0.145. The number of ether oxygens (including phenoxy) is 1. The van der Waals surface area contributed by atoms with Gasteiger partial charge in [-0.2, -0.15) is 5.26 Å². The molecule has 2 aliphatic rings. The minimum atomic E-state index is -0.604. The van der Waals surface area contributed by atoms with E-state index in [9.17, 15) is 10.1 Å². The van der Waals surface area contributed by atoms with E-state index in [1.165, 1.54) is 6.42 Å². The van der Waals surface area contributed by atoms with Crippen molar-refractivity contribution in [1.29, 1.82) is 5.26 Å². The Morgan fingerprint density at radius 1 is 1.27 bits per heavy atom. The first-order chi connectivity index (χ1) is 10.4. The van der Waals surface area contributed by atoms with Crippen LogP contribution >= 0.6 is 0 Å². The Morgan fingerprint density at radius 2 is 1.82 bits per heavy atom. The first kappa shape index (κ1) is 17.2. The summed E-state index contributed by atoms with van der Waals surface area (Å²) in [6.45, 7) is 7.58. The van der Waals surface area contributed by atoms with Crippen molar-refractivity contribution >= 4 is 5.91 Å². The molecule has 5 nitrogen and oxygen atoms in total. The average molecular weight is 307 g/mol. The second-order valence-electron chi connectivity index (χ2n) is 6.99. The zero-order chi connectivity index (χ0) is 16.3. The van der Waals surface area contributed by atoms with Gasteiger partial charge in [-0.25, -0.2) is 0 Å². The summed E-state index contributed by atoms with van der Waals surface area (Å²) < 4.78 is 5.75. The molecule has 0 aromatic carbocycles. The lowest BCUT2D eigenvalue weighted by Crippen LogP contribution is -2.58. The lowest BCUT2D eigenvalue weighted by Gasteiger charge is -2.43. The largest absolute Gasteiger partial charge is 0.373 e. The maximum absolute atomic E-state index is 12.9. The summed E-state index contributed by atoms with van der Waals surface area (Å²) in [6, 6.07) is 2.23. The zero-order valence-electron chi connectivity index (χ0n) is 14.3. The molecule has 0 spiro atoms. The zero-order valence-corrected chi connectivity index (χ0v) is 14.3. The van der Waals surface area contributed by atoms with Gasteiger partial charge in [0, 0.05) is 20.1 Å². The molecule has 1 saturated heterocycles. The SMILES string of the molecule is C[C@@H]1CN([C@H](C)C(=O)N(C)C2(C#N)CCCCC2)C[C@H](C)O1. The van der Waals surface area contributed by atoms with Gasteiger partial charge in [0.2, 0.25) is 5.91 Å². The third-order valence-corrected chi connectivity index (χ3v) is 5.21. The second kappa shape index (κ2) is 6.97. The molecule has 1 heterocycles. The Labute approximate surface area is 134 Å². The number of amides is 1.